The third kappa shape index (κ3) is 3.01. The van der Waals surface area contributed by atoms with Crippen molar-refractivity contribution in [2.24, 2.45) is 5.73 Å². The number of rotatable bonds is 1. The molecule has 1 aromatic carbocycles. The highest BCUT2D eigenvalue weighted by molar-refractivity contribution is 8.03. The minimum atomic E-state index is 0.0307. The topological polar surface area (TPSA) is 41.3 Å². The predicted molar refractivity (Wildman–Crippen MR) is 84.7 cm³/mol. The Bertz CT molecular complexity index is 556. The number of nitrogens with two attached hydrogens (primary N) is 1. The first-order chi connectivity index (χ1) is 9.84. The Balaban J connectivity index is 1.70. The Labute approximate surface area is 124 Å². The van der Waals surface area contributed by atoms with Crippen LogP contribution in [0.15, 0.2) is 40.9 Å². The van der Waals surface area contributed by atoms with E-state index in [1.807, 2.05) is 30.3 Å². The lowest BCUT2D eigenvalue weighted by molar-refractivity contribution is 0.363. The van der Waals surface area contributed by atoms with Crippen LogP contribution in [0.25, 0.3) is 0 Å². The lowest BCUT2D eigenvalue weighted by atomic mass is 10.2. The molecule has 0 amide bonds. The highest BCUT2D eigenvalue weighted by atomic mass is 32.2. The summed E-state index contributed by atoms with van der Waals surface area (Å²) in [5.41, 5.74) is 8.72. The van der Waals surface area contributed by atoms with Gasteiger partial charge in [0.15, 0.2) is 0 Å². The monoisotopic (exact) mass is 285 g/mol. The fourth-order valence-electron chi connectivity index (χ4n) is 2.54. The van der Waals surface area contributed by atoms with Gasteiger partial charge in [0, 0.05) is 29.1 Å². The highest BCUT2D eigenvalue weighted by Crippen LogP contribution is 2.39. The summed E-state index contributed by atoms with van der Waals surface area (Å²) < 4.78 is 0. The van der Waals surface area contributed by atoms with Gasteiger partial charge < -0.3 is 16.0 Å². The molecular formula is C16H19N3S. The van der Waals surface area contributed by atoms with Crippen LogP contribution in [0.2, 0.25) is 0 Å². The number of hydrogen-bond acceptors (Lipinski definition) is 4. The molecule has 0 fully saturated rings. The first-order valence-corrected chi connectivity index (χ1v) is 7.88. The Morgan fingerprint density at radius 1 is 1.25 bits per heavy atom. The smallest absolute Gasteiger partial charge is 0.130 e. The lowest BCUT2D eigenvalue weighted by Crippen LogP contribution is -2.36. The molecule has 0 radical (unpaired) electrons. The minimum Gasteiger partial charge on any atom is -0.339 e. The quantitative estimate of drug-likeness (QED) is 0.774. The number of nitrogens with zero attached hydrogens (tertiary/aromatic N) is 1. The molecule has 0 aliphatic carbocycles. The Hall–Kier alpha value is -1.41. The predicted octanol–water partition coefficient (Wildman–Crippen LogP) is 1.92. The molecule has 104 valence electrons. The van der Waals surface area contributed by atoms with Gasteiger partial charge in [-0.1, -0.05) is 41.8 Å². The number of thioether (sulfide) groups is 1. The van der Waals surface area contributed by atoms with Gasteiger partial charge in [0.25, 0.3) is 0 Å². The van der Waals surface area contributed by atoms with Crippen molar-refractivity contribution in [2.45, 2.75) is 18.3 Å². The molecule has 3 nitrogen and oxygen atoms in total. The molecule has 0 saturated carbocycles. The average molecular weight is 285 g/mol. The summed E-state index contributed by atoms with van der Waals surface area (Å²) in [6, 6.07) is 10.1. The fraction of sp³-hybridized carbons (Fsp3) is 0.375. The molecule has 0 aromatic heterocycles. The first-order valence-electron chi connectivity index (χ1n) is 7.00. The molecular weight excluding hydrogens is 266 g/mol. The molecule has 3 N–H and O–H groups in total. The van der Waals surface area contributed by atoms with Gasteiger partial charge >= 0.3 is 0 Å². The van der Waals surface area contributed by atoms with Crippen LogP contribution in [0, 0.1) is 11.8 Å². The van der Waals surface area contributed by atoms with Crippen molar-refractivity contribution in [1.82, 2.24) is 10.2 Å². The van der Waals surface area contributed by atoms with Crippen molar-refractivity contribution in [3.8, 4) is 11.8 Å². The normalized spacial score (nSPS) is 22.1. The second-order valence-corrected chi connectivity index (χ2v) is 6.14. The maximum Gasteiger partial charge on any atom is 0.130 e. The van der Waals surface area contributed by atoms with Gasteiger partial charge in [-0.05, 0) is 25.1 Å². The van der Waals surface area contributed by atoms with E-state index >= 15 is 0 Å². The van der Waals surface area contributed by atoms with Crippen molar-refractivity contribution in [1.29, 1.82) is 0 Å². The summed E-state index contributed by atoms with van der Waals surface area (Å²) >= 11 is 1.79. The van der Waals surface area contributed by atoms with Gasteiger partial charge in [-0.3, -0.25) is 0 Å². The molecule has 1 aromatic rings. The van der Waals surface area contributed by atoms with E-state index < -0.39 is 0 Å². The van der Waals surface area contributed by atoms with Crippen molar-refractivity contribution in [2.75, 3.05) is 19.6 Å². The van der Waals surface area contributed by atoms with Crippen LogP contribution in [-0.2, 0) is 0 Å². The van der Waals surface area contributed by atoms with Crippen LogP contribution in [-0.4, -0.2) is 30.0 Å². The van der Waals surface area contributed by atoms with E-state index in [2.05, 4.69) is 22.1 Å². The summed E-state index contributed by atoms with van der Waals surface area (Å²) in [5.74, 6) is 6.46. The molecule has 20 heavy (non-hydrogen) atoms. The maximum atomic E-state index is 6.23. The Morgan fingerprint density at radius 3 is 2.90 bits per heavy atom. The summed E-state index contributed by atoms with van der Waals surface area (Å²) in [4.78, 5) is 3.70. The van der Waals surface area contributed by atoms with Gasteiger partial charge in [0.1, 0.15) is 5.50 Å². The van der Waals surface area contributed by atoms with Crippen LogP contribution in [0.3, 0.4) is 0 Å². The molecule has 1 unspecified atom stereocenters. The zero-order chi connectivity index (χ0) is 13.8. The molecule has 2 aliphatic heterocycles. The number of nitrogens with one attached hydrogen (secondary N) is 1. The molecule has 3 rings (SSSR count). The number of benzene rings is 1. The van der Waals surface area contributed by atoms with E-state index in [1.165, 1.54) is 10.6 Å². The van der Waals surface area contributed by atoms with Crippen molar-refractivity contribution in [3.63, 3.8) is 0 Å². The van der Waals surface area contributed by atoms with E-state index in [0.717, 1.165) is 31.5 Å². The largest absolute Gasteiger partial charge is 0.339 e. The standard InChI is InChI=1S/C16H19N3S/c17-16-19(12-4-7-13-5-2-1-3-6-13)14-8-10-18-11-9-15(14)20-16/h1-3,5-6,16,18H,8-12,17H2. The van der Waals surface area contributed by atoms with E-state index in [9.17, 15) is 0 Å². The zero-order valence-electron chi connectivity index (χ0n) is 11.4. The van der Waals surface area contributed by atoms with E-state index in [0.29, 0.717) is 6.54 Å². The Morgan fingerprint density at radius 2 is 2.05 bits per heavy atom. The van der Waals surface area contributed by atoms with Crippen LogP contribution >= 0.6 is 11.8 Å². The third-order valence-corrected chi connectivity index (χ3v) is 4.78. The van der Waals surface area contributed by atoms with Crippen LogP contribution in [0.1, 0.15) is 18.4 Å². The molecule has 1 atom stereocenters. The molecule has 2 heterocycles. The van der Waals surface area contributed by atoms with Crippen LogP contribution in [0.5, 0.6) is 0 Å². The first kappa shape index (κ1) is 13.6. The summed E-state index contributed by atoms with van der Waals surface area (Å²) in [5, 5.41) is 3.43. The summed E-state index contributed by atoms with van der Waals surface area (Å²) in [6.07, 6.45) is 2.15. The lowest BCUT2D eigenvalue weighted by Gasteiger charge is -2.23. The van der Waals surface area contributed by atoms with E-state index in [4.69, 9.17) is 5.73 Å². The molecule has 0 bridgehead atoms. The van der Waals surface area contributed by atoms with Crippen LogP contribution in [0.4, 0.5) is 0 Å². The second kappa shape index (κ2) is 6.36. The van der Waals surface area contributed by atoms with Gasteiger partial charge in [-0.15, -0.1) is 0 Å². The van der Waals surface area contributed by atoms with Gasteiger partial charge in [0.05, 0.1) is 6.54 Å². The summed E-state index contributed by atoms with van der Waals surface area (Å²) in [6.45, 7) is 2.80. The molecule has 2 aliphatic rings. The SMILES string of the molecule is NC1SC2=C(CCNCC2)N1CC#Cc1ccccc1. The summed E-state index contributed by atoms with van der Waals surface area (Å²) in [7, 11) is 0. The van der Waals surface area contributed by atoms with E-state index in [-0.39, 0.29) is 5.50 Å². The van der Waals surface area contributed by atoms with Gasteiger partial charge in [-0.2, -0.15) is 0 Å². The third-order valence-electron chi connectivity index (χ3n) is 3.56. The molecule has 0 spiro atoms. The second-order valence-electron chi connectivity index (χ2n) is 4.92. The van der Waals surface area contributed by atoms with E-state index in [1.54, 1.807) is 11.8 Å². The fourth-order valence-corrected chi connectivity index (χ4v) is 3.74. The highest BCUT2D eigenvalue weighted by Gasteiger charge is 2.29. The van der Waals surface area contributed by atoms with Crippen molar-refractivity contribution >= 4 is 11.8 Å². The van der Waals surface area contributed by atoms with Crippen molar-refractivity contribution < 1.29 is 0 Å². The average Bonchev–Trinajstić information content (AvgIpc) is 2.64. The Kier molecular flexibility index (Phi) is 4.31. The van der Waals surface area contributed by atoms with Gasteiger partial charge in [0.2, 0.25) is 0 Å². The maximum absolute atomic E-state index is 6.23. The van der Waals surface area contributed by atoms with Gasteiger partial charge in [-0.25, -0.2) is 0 Å². The van der Waals surface area contributed by atoms with Crippen LogP contribution < -0.4 is 11.1 Å². The zero-order valence-corrected chi connectivity index (χ0v) is 12.2. The molecule has 4 heteroatoms. The minimum absolute atomic E-state index is 0.0307. The van der Waals surface area contributed by atoms with Crippen molar-refractivity contribution in [3.05, 3.63) is 46.5 Å². The molecule has 0 saturated heterocycles. The number of hydrogen-bond donors (Lipinski definition) is 2.